The first-order valence-electron chi connectivity index (χ1n) is 36.8. The maximum absolute atomic E-state index is 12.8. The number of nitrogens with zero attached hydrogens (tertiary/aromatic N) is 6. The zero-order valence-corrected chi connectivity index (χ0v) is 75.7. The Hall–Kier alpha value is -7.47. The number of aryl methyl sites for hydroxylation is 2. The second-order valence-corrected chi connectivity index (χ2v) is 50.2. The van der Waals surface area contributed by atoms with Crippen molar-refractivity contribution in [3.63, 3.8) is 0 Å². The first-order valence-corrected chi connectivity index (χ1v) is 45.4. The molecule has 6 aromatic rings. The maximum Gasteiger partial charge on any atom is 0.433 e. The first-order chi connectivity index (χ1) is 50.8. The van der Waals surface area contributed by atoms with Crippen LogP contribution in [0.15, 0.2) is 90.3 Å². The minimum absolute atomic E-state index is 0.0414. The van der Waals surface area contributed by atoms with Crippen molar-refractivity contribution in [3.05, 3.63) is 113 Å². The Kier molecular flexibility index (Phi) is 32.5. The minimum atomic E-state index is -4.65. The molecule has 1 aliphatic rings. The number of carbonyl (C=O) groups is 5. The van der Waals surface area contributed by atoms with Crippen molar-refractivity contribution >= 4 is 118 Å². The Morgan fingerprint density at radius 2 is 0.814 bits per heavy atom. The summed E-state index contributed by atoms with van der Waals surface area (Å²) < 4.78 is 157. The van der Waals surface area contributed by atoms with Crippen LogP contribution in [0.5, 0.6) is 0 Å². The molecule has 7 rings (SSSR count). The van der Waals surface area contributed by atoms with E-state index < -0.39 is 141 Å². The molecule has 0 aliphatic heterocycles. The monoisotopic (exact) mass is 1700 g/mol. The average Bonchev–Trinajstić information content (AvgIpc) is 1.77. The van der Waals surface area contributed by atoms with Crippen LogP contribution in [0.4, 0.5) is 41.4 Å². The molecule has 26 nitrogen and oxygen atoms in total. The lowest BCUT2D eigenvalue weighted by Gasteiger charge is -2.26. The number of rotatable bonds is 21. The van der Waals surface area contributed by atoms with E-state index in [4.69, 9.17) is 0 Å². The van der Waals surface area contributed by atoms with Crippen LogP contribution in [0.1, 0.15) is 235 Å². The van der Waals surface area contributed by atoms with Gasteiger partial charge in [-0.1, -0.05) is 124 Å². The maximum atomic E-state index is 12.8. The number of carbonyl (C=O) groups excluding carboxylic acids is 5. The van der Waals surface area contributed by atoms with E-state index in [9.17, 15) is 79.2 Å². The summed E-state index contributed by atoms with van der Waals surface area (Å²) in [4.78, 5) is 69.9. The van der Waals surface area contributed by atoms with E-state index in [0.717, 1.165) is 53.6 Å². The minimum Gasteiger partial charge on any atom is -0.325 e. The molecule has 5 amide bonds. The number of halogens is 3. The highest BCUT2D eigenvalue weighted by molar-refractivity contribution is 7.95. The lowest BCUT2D eigenvalue weighted by atomic mass is 9.87. The van der Waals surface area contributed by atoms with E-state index in [-0.39, 0.29) is 22.1 Å². The van der Waals surface area contributed by atoms with Crippen LogP contribution < -0.4 is 26.6 Å². The van der Waals surface area contributed by atoms with Crippen molar-refractivity contribution in [2.24, 2.45) is 14.1 Å². The molecule has 35 heteroatoms. The molecule has 1 aliphatic carbocycles. The lowest BCUT2D eigenvalue weighted by Crippen LogP contribution is -2.48. The number of aromatic nitrogens is 6. The van der Waals surface area contributed by atoms with Crippen LogP contribution in [0, 0.1) is 0 Å². The van der Waals surface area contributed by atoms with E-state index in [0.29, 0.717) is 41.0 Å². The Morgan fingerprint density at radius 3 is 1.20 bits per heavy atom. The standard InChI is InChI=1S/C17H23N3O3S.C17H27NO3S.C16H26N2O3S2.C15H27N3O3S.C13H17F3N2O3S/c1-12(2)24(22,23)17(3,4)16(21)18-15-11-14(19-20(15)5)13-9-7-6-8-10-13;1-12(2)22(20,21)17(6,7)15(19)18-14-10-8-9-13(11-14)16(3,4)5;1-15(2,3)12-10-22-14(17-12)18-13(19)16(4,5)23(20,21)11-8-6-7-9-11;1-10(2)22(20,21)15(6,7)13(19)16-12-9-11(14(3,4)5)17-18(12)8;1-8(2)22(20,21)12(3,4)11(19)18-10-7-5-6-9(17-10)13(14,15)16/h6-12H,1-5H3,(H,18,21);8-12H,1-7H3,(H,18,19);10-11H,6-9H2,1-5H3,(H,17,18,19);9-10H,1-8H3,(H,16,19);5-8H,1-4H3,(H,17,18,19). The topological polar surface area (TPSA) is 378 Å². The zero-order valence-electron chi connectivity index (χ0n) is 70.8. The lowest BCUT2D eigenvalue weighted by molar-refractivity contribution is -0.141. The summed E-state index contributed by atoms with van der Waals surface area (Å²) in [5.41, 5.74) is 3.56. The number of hydrogen-bond acceptors (Lipinski definition) is 20. The quantitative estimate of drug-likeness (QED) is 0.0447. The summed E-state index contributed by atoms with van der Waals surface area (Å²) in [6, 6.07) is 23.6. The van der Waals surface area contributed by atoms with Crippen molar-refractivity contribution in [3.8, 4) is 11.3 Å². The number of anilines is 5. The van der Waals surface area contributed by atoms with Crippen LogP contribution in [-0.4, -0.2) is 151 Å². The van der Waals surface area contributed by atoms with Gasteiger partial charge in [0.25, 0.3) is 0 Å². The third-order valence-electron chi connectivity index (χ3n) is 19.4. The fourth-order valence-corrected chi connectivity index (χ4v) is 19.6. The summed E-state index contributed by atoms with van der Waals surface area (Å²) in [7, 11) is -14.6. The second-order valence-electron chi connectivity index (χ2n) is 34.4. The number of amides is 5. The molecule has 0 atom stereocenters. The molecule has 0 radical (unpaired) electrons. The highest BCUT2D eigenvalue weighted by Crippen LogP contribution is 2.37. The van der Waals surface area contributed by atoms with E-state index in [1.54, 1.807) is 78.5 Å². The Balaban J connectivity index is 0.000000366. The van der Waals surface area contributed by atoms with Gasteiger partial charge in [0, 0.05) is 53.7 Å². The molecule has 2 aromatic carbocycles. The number of thiazole rings is 1. The predicted octanol–water partition coefficient (Wildman–Crippen LogP) is 14.6. The highest BCUT2D eigenvalue weighted by Gasteiger charge is 2.50. The number of pyridine rings is 1. The molecule has 0 unspecified atom stereocenters. The Labute approximate surface area is 672 Å². The summed E-state index contributed by atoms with van der Waals surface area (Å²) in [6.07, 6.45) is -1.50. The molecule has 0 bridgehead atoms. The predicted molar refractivity (Wildman–Crippen MR) is 447 cm³/mol. The van der Waals surface area contributed by atoms with Gasteiger partial charge < -0.3 is 26.6 Å². The van der Waals surface area contributed by atoms with Gasteiger partial charge in [0.2, 0.25) is 29.5 Å². The fourth-order valence-electron chi connectivity index (χ4n) is 10.6. The van der Waals surface area contributed by atoms with Crippen LogP contribution >= 0.6 is 11.3 Å². The van der Waals surface area contributed by atoms with Crippen LogP contribution in [-0.2, 0) is 110 Å². The molecular weight excluding hydrogens is 1580 g/mol. The highest BCUT2D eigenvalue weighted by atomic mass is 32.2. The second kappa shape index (κ2) is 36.8. The van der Waals surface area contributed by atoms with Gasteiger partial charge in [-0.15, -0.1) is 11.3 Å². The van der Waals surface area contributed by atoms with Crippen LogP contribution in [0.3, 0.4) is 0 Å². The van der Waals surface area contributed by atoms with Crippen LogP contribution in [0.2, 0.25) is 0 Å². The molecule has 1 saturated carbocycles. The Bertz CT molecular complexity index is 4820. The number of alkyl halides is 3. The molecule has 4 heterocycles. The molecule has 0 saturated heterocycles. The van der Waals surface area contributed by atoms with E-state index in [1.165, 1.54) is 99.1 Å². The van der Waals surface area contributed by atoms with Crippen molar-refractivity contribution < 1.29 is 79.2 Å². The van der Waals surface area contributed by atoms with Gasteiger partial charge in [-0.05, 0) is 173 Å². The van der Waals surface area contributed by atoms with Gasteiger partial charge in [-0.2, -0.15) is 23.4 Å². The van der Waals surface area contributed by atoms with E-state index >= 15 is 0 Å². The molecule has 113 heavy (non-hydrogen) atoms. The summed E-state index contributed by atoms with van der Waals surface area (Å²) >= 11 is 1.33. The fraction of sp³-hybridized carbons (Fsp3) is 0.603. The number of hydrogen-bond donors (Lipinski definition) is 5. The third-order valence-corrected chi connectivity index (χ3v) is 34.5. The van der Waals surface area contributed by atoms with Crippen molar-refractivity contribution in [2.75, 3.05) is 26.6 Å². The summed E-state index contributed by atoms with van der Waals surface area (Å²) in [5, 5.41) is 21.0. The summed E-state index contributed by atoms with van der Waals surface area (Å²) in [5.74, 6) is -2.48. The molecular formula is C78H120F3N11O15S6. The van der Waals surface area contributed by atoms with Crippen molar-refractivity contribution in [1.29, 1.82) is 0 Å². The molecule has 5 N–H and O–H groups in total. The third kappa shape index (κ3) is 24.1. The van der Waals surface area contributed by atoms with Crippen LogP contribution in [0.25, 0.3) is 11.3 Å². The van der Waals surface area contributed by atoms with Gasteiger partial charge in [0.15, 0.2) is 54.3 Å². The van der Waals surface area contributed by atoms with Gasteiger partial charge in [-0.25, -0.2) is 52.1 Å². The SMILES string of the molecule is CC(C)(C)c1csc(NC(=O)C(C)(C)S(=O)(=O)C2CCCC2)n1.CC(C)S(=O)(=O)C(C)(C)C(=O)Nc1cc(-c2ccccc2)nn1C.CC(C)S(=O)(=O)C(C)(C)C(=O)Nc1cc(C(C)(C)C)nn1C.CC(C)S(=O)(=O)C(C)(C)C(=O)Nc1cccc(C(C)(C)C)c1.CC(C)S(=O)(=O)C(C)(C)C(=O)Nc1cccc(C(F)(F)F)n1. The van der Waals surface area contributed by atoms with E-state index in [2.05, 4.69) is 67.5 Å². The molecule has 1 fully saturated rings. The smallest absolute Gasteiger partial charge is 0.325 e. The van der Waals surface area contributed by atoms with Crippen molar-refractivity contribution in [2.45, 2.75) is 285 Å². The number of benzene rings is 2. The molecule has 4 aromatic heterocycles. The van der Waals surface area contributed by atoms with Gasteiger partial charge in [-0.3, -0.25) is 33.3 Å². The molecule has 0 spiro atoms. The van der Waals surface area contributed by atoms with Gasteiger partial charge in [0.1, 0.15) is 46.9 Å². The molecule has 634 valence electrons. The van der Waals surface area contributed by atoms with Gasteiger partial charge in [0.05, 0.1) is 43.3 Å². The average molecular weight is 1700 g/mol. The Morgan fingerprint density at radius 1 is 0.425 bits per heavy atom. The first kappa shape index (κ1) is 99.7. The van der Waals surface area contributed by atoms with E-state index in [1.807, 2.05) is 95.5 Å². The van der Waals surface area contributed by atoms with Gasteiger partial charge >= 0.3 is 6.18 Å². The number of nitrogens with one attached hydrogen (secondary N) is 5. The zero-order chi connectivity index (χ0) is 87.8. The van der Waals surface area contributed by atoms with Crippen molar-refractivity contribution in [1.82, 2.24) is 29.5 Å². The normalized spacial score (nSPS) is 14.0. The number of sulfone groups is 5. The summed E-state index contributed by atoms with van der Waals surface area (Å²) in [6.45, 7) is 44.8. The largest absolute Gasteiger partial charge is 0.433 e.